The van der Waals surface area contributed by atoms with Crippen LogP contribution in [0.15, 0.2) is 61.1 Å². The van der Waals surface area contributed by atoms with E-state index >= 15 is 0 Å². The predicted molar refractivity (Wildman–Crippen MR) is 148 cm³/mol. The highest BCUT2D eigenvalue weighted by molar-refractivity contribution is 6.11. The van der Waals surface area contributed by atoms with Gasteiger partial charge in [-0.25, -0.2) is 0 Å². The van der Waals surface area contributed by atoms with Crippen LogP contribution in [0.5, 0.6) is 11.5 Å². The van der Waals surface area contributed by atoms with Crippen molar-refractivity contribution in [3.8, 4) is 11.5 Å². The molecule has 0 fully saturated rings. The lowest BCUT2D eigenvalue weighted by Crippen LogP contribution is -1.93. The molecule has 0 amide bonds. The van der Waals surface area contributed by atoms with Gasteiger partial charge in [-0.2, -0.15) is 0 Å². The molecule has 34 heavy (non-hydrogen) atoms. The van der Waals surface area contributed by atoms with Gasteiger partial charge in [0.15, 0.2) is 0 Å². The van der Waals surface area contributed by atoms with E-state index < -0.39 is 0 Å². The van der Waals surface area contributed by atoms with Crippen molar-refractivity contribution in [3.05, 3.63) is 72.2 Å². The molecule has 3 aromatic carbocycles. The normalized spacial score (nSPS) is 11.9. The van der Waals surface area contributed by atoms with Crippen LogP contribution in [0.4, 0.5) is 0 Å². The van der Waals surface area contributed by atoms with Crippen LogP contribution in [0.25, 0.3) is 21.5 Å². The molecule has 0 heterocycles. The first-order chi connectivity index (χ1) is 16.7. The van der Waals surface area contributed by atoms with Crippen molar-refractivity contribution in [2.45, 2.75) is 91.9 Å². The molecule has 0 saturated carbocycles. The van der Waals surface area contributed by atoms with Gasteiger partial charge in [0.05, 0.1) is 12.5 Å². The summed E-state index contributed by atoms with van der Waals surface area (Å²) in [7, 11) is 0. The molecule has 0 aromatic heterocycles. The van der Waals surface area contributed by atoms with E-state index in [-0.39, 0.29) is 0 Å². The first kappa shape index (κ1) is 25.9. The number of rotatable bonds is 14. The molecule has 2 heteroatoms. The van der Waals surface area contributed by atoms with Gasteiger partial charge in [-0.3, -0.25) is 0 Å². The third-order valence-electron chi connectivity index (χ3n) is 6.34. The summed E-state index contributed by atoms with van der Waals surface area (Å²) in [6.45, 7) is 8.75. The van der Waals surface area contributed by atoms with Gasteiger partial charge in [0.2, 0.25) is 0 Å². The second-order valence-corrected chi connectivity index (χ2v) is 9.43. The van der Waals surface area contributed by atoms with E-state index in [1.54, 1.807) is 0 Å². The summed E-state index contributed by atoms with van der Waals surface area (Å²) in [6, 6.07) is 13.0. The minimum absolute atomic E-state index is 0.911. The summed E-state index contributed by atoms with van der Waals surface area (Å²) in [6.07, 6.45) is 20.3. The standard InChI is InChI=1S/C32H42O2/c1-5-7-9-11-13-15-21-33-31-27-19-17-26(4)24-30(27)32(28-20-18-25(3)23-29(28)31)34-22-16-14-12-10-8-6-2/h15-24H,5-14H2,1-4H3/b21-15+,22-16+. The van der Waals surface area contributed by atoms with Crippen molar-refractivity contribution in [1.82, 2.24) is 0 Å². The molecular weight excluding hydrogens is 416 g/mol. The van der Waals surface area contributed by atoms with Crippen LogP contribution < -0.4 is 9.47 Å². The van der Waals surface area contributed by atoms with Crippen molar-refractivity contribution in [2.24, 2.45) is 0 Å². The van der Waals surface area contributed by atoms with Crippen molar-refractivity contribution in [1.29, 1.82) is 0 Å². The van der Waals surface area contributed by atoms with Crippen molar-refractivity contribution < 1.29 is 9.47 Å². The summed E-state index contributed by atoms with van der Waals surface area (Å²) < 4.78 is 12.6. The van der Waals surface area contributed by atoms with E-state index in [2.05, 4.69) is 76.2 Å². The molecule has 0 bridgehead atoms. The molecule has 2 nitrogen and oxygen atoms in total. The second-order valence-electron chi connectivity index (χ2n) is 9.43. The Morgan fingerprint density at radius 2 is 1.00 bits per heavy atom. The van der Waals surface area contributed by atoms with E-state index in [0.29, 0.717) is 0 Å². The molecule has 0 saturated heterocycles. The van der Waals surface area contributed by atoms with Crippen LogP contribution in [0.2, 0.25) is 0 Å². The number of ether oxygens (including phenoxy) is 2. The van der Waals surface area contributed by atoms with Crippen LogP contribution in [-0.2, 0) is 0 Å². The Hall–Kier alpha value is -2.74. The Balaban J connectivity index is 1.92. The highest BCUT2D eigenvalue weighted by Crippen LogP contribution is 2.43. The highest BCUT2D eigenvalue weighted by Gasteiger charge is 2.16. The molecule has 3 rings (SSSR count). The van der Waals surface area contributed by atoms with Crippen molar-refractivity contribution >= 4 is 21.5 Å². The highest BCUT2D eigenvalue weighted by atomic mass is 16.5. The molecule has 0 unspecified atom stereocenters. The lowest BCUT2D eigenvalue weighted by Gasteiger charge is -2.16. The third kappa shape index (κ3) is 7.13. The Bertz CT molecular complexity index is 1020. The Kier molecular flexibility index (Phi) is 10.5. The molecule has 0 aliphatic carbocycles. The van der Waals surface area contributed by atoms with E-state index in [0.717, 1.165) is 45.9 Å². The van der Waals surface area contributed by atoms with E-state index in [9.17, 15) is 0 Å². The molecule has 0 aliphatic heterocycles. The van der Waals surface area contributed by atoms with E-state index in [1.807, 2.05) is 12.5 Å². The monoisotopic (exact) mass is 458 g/mol. The number of hydrogen-bond acceptors (Lipinski definition) is 2. The zero-order chi connectivity index (χ0) is 24.2. The van der Waals surface area contributed by atoms with Crippen molar-refractivity contribution in [3.63, 3.8) is 0 Å². The van der Waals surface area contributed by atoms with Gasteiger partial charge in [0.1, 0.15) is 11.5 Å². The fourth-order valence-corrected chi connectivity index (χ4v) is 4.38. The van der Waals surface area contributed by atoms with E-state index in [4.69, 9.17) is 9.47 Å². The zero-order valence-corrected chi connectivity index (χ0v) is 21.7. The lowest BCUT2D eigenvalue weighted by molar-refractivity contribution is 0.481. The summed E-state index contributed by atoms with van der Waals surface area (Å²) in [4.78, 5) is 0. The Labute approximate surface area is 206 Å². The van der Waals surface area contributed by atoms with Crippen LogP contribution in [0.3, 0.4) is 0 Å². The van der Waals surface area contributed by atoms with Gasteiger partial charge in [-0.15, -0.1) is 0 Å². The molecule has 0 N–H and O–H groups in total. The van der Waals surface area contributed by atoms with Gasteiger partial charge in [0.25, 0.3) is 0 Å². The number of benzene rings is 3. The minimum Gasteiger partial charge on any atom is -0.464 e. The molecule has 0 aliphatic rings. The molecular formula is C32H42O2. The molecule has 3 aromatic rings. The summed E-state index contributed by atoms with van der Waals surface area (Å²) in [5, 5.41) is 4.37. The number of unbranched alkanes of at least 4 members (excludes halogenated alkanes) is 8. The average molecular weight is 459 g/mol. The molecule has 0 spiro atoms. The number of hydrogen-bond donors (Lipinski definition) is 0. The first-order valence-corrected chi connectivity index (χ1v) is 13.3. The number of aryl methyl sites for hydroxylation is 2. The minimum atomic E-state index is 0.911. The summed E-state index contributed by atoms with van der Waals surface area (Å²) in [5.41, 5.74) is 2.43. The van der Waals surface area contributed by atoms with Crippen LogP contribution in [0.1, 0.15) is 89.2 Å². The maximum atomic E-state index is 6.32. The van der Waals surface area contributed by atoms with Crippen LogP contribution >= 0.6 is 0 Å². The maximum Gasteiger partial charge on any atom is 0.142 e. The number of fused-ring (bicyclic) bond motifs is 2. The SMILES string of the molecule is CCCCCC/C=C/Oc1c2ccc(C)cc2c(O/C=C/CCCCCC)c2ccc(C)cc12. The van der Waals surface area contributed by atoms with Gasteiger partial charge in [-0.1, -0.05) is 87.8 Å². The van der Waals surface area contributed by atoms with Gasteiger partial charge in [-0.05, 0) is 63.8 Å². The zero-order valence-electron chi connectivity index (χ0n) is 21.7. The van der Waals surface area contributed by atoms with Gasteiger partial charge >= 0.3 is 0 Å². The van der Waals surface area contributed by atoms with Crippen molar-refractivity contribution in [2.75, 3.05) is 0 Å². The van der Waals surface area contributed by atoms with Gasteiger partial charge < -0.3 is 9.47 Å². The molecule has 0 atom stereocenters. The average Bonchev–Trinajstić information content (AvgIpc) is 2.83. The second kappa shape index (κ2) is 13.8. The third-order valence-corrected chi connectivity index (χ3v) is 6.34. The Morgan fingerprint density at radius 1 is 0.559 bits per heavy atom. The fraction of sp³-hybridized carbons (Fsp3) is 0.438. The largest absolute Gasteiger partial charge is 0.464 e. The van der Waals surface area contributed by atoms with Gasteiger partial charge in [0, 0.05) is 21.5 Å². The smallest absolute Gasteiger partial charge is 0.142 e. The predicted octanol–water partition coefficient (Wildman–Crippen LogP) is 10.3. The molecule has 182 valence electrons. The maximum absolute atomic E-state index is 6.32. The van der Waals surface area contributed by atoms with Crippen LogP contribution in [0, 0.1) is 13.8 Å². The van der Waals surface area contributed by atoms with Crippen LogP contribution in [-0.4, -0.2) is 0 Å². The summed E-state index contributed by atoms with van der Waals surface area (Å²) >= 11 is 0. The number of allylic oxidation sites excluding steroid dienone is 2. The molecule has 0 radical (unpaired) electrons. The quantitative estimate of drug-likeness (QED) is 0.136. The fourth-order valence-electron chi connectivity index (χ4n) is 4.38. The lowest BCUT2D eigenvalue weighted by atomic mass is 9.98. The Morgan fingerprint density at radius 3 is 1.41 bits per heavy atom. The van der Waals surface area contributed by atoms with E-state index in [1.165, 1.54) is 62.5 Å². The topological polar surface area (TPSA) is 18.5 Å². The summed E-state index contributed by atoms with van der Waals surface area (Å²) in [5.74, 6) is 1.82. The first-order valence-electron chi connectivity index (χ1n) is 13.3.